The molecule has 1 aliphatic rings. The molecule has 1 unspecified atom stereocenters. The van der Waals surface area contributed by atoms with E-state index < -0.39 is 9.84 Å². The lowest BCUT2D eigenvalue weighted by atomic mass is 10.2. The first kappa shape index (κ1) is 15.6. The van der Waals surface area contributed by atoms with Crippen molar-refractivity contribution in [2.45, 2.75) is 38.1 Å². The molecule has 8 heteroatoms. The van der Waals surface area contributed by atoms with Crippen LogP contribution in [0.5, 0.6) is 0 Å². The molecule has 2 aromatic rings. The summed E-state index contributed by atoms with van der Waals surface area (Å²) in [6, 6.07) is 4.73. The fourth-order valence-electron chi connectivity index (χ4n) is 2.79. The summed E-state index contributed by atoms with van der Waals surface area (Å²) in [5.74, 6) is 0.545. The van der Waals surface area contributed by atoms with Crippen molar-refractivity contribution in [3.05, 3.63) is 33.6 Å². The van der Waals surface area contributed by atoms with Gasteiger partial charge in [-0.25, -0.2) is 8.42 Å². The van der Waals surface area contributed by atoms with Gasteiger partial charge in [0.2, 0.25) is 5.89 Å². The minimum atomic E-state index is -3.14. The highest BCUT2D eigenvalue weighted by atomic mass is 32.2. The highest BCUT2D eigenvalue weighted by molar-refractivity contribution is 7.89. The minimum Gasteiger partial charge on any atom is -0.338 e. The fraction of sp³-hybridized carbons (Fsp3) is 0.571. The maximum atomic E-state index is 11.3. The van der Waals surface area contributed by atoms with E-state index in [-0.39, 0.29) is 11.6 Å². The summed E-state index contributed by atoms with van der Waals surface area (Å²) in [4.78, 5) is 9.20. The molecule has 1 atom stereocenters. The van der Waals surface area contributed by atoms with Crippen LogP contribution in [-0.2, 0) is 22.1 Å². The van der Waals surface area contributed by atoms with Crippen LogP contribution in [0, 0.1) is 6.92 Å². The van der Waals surface area contributed by atoms with Crippen molar-refractivity contribution >= 4 is 21.2 Å². The lowest BCUT2D eigenvalue weighted by Gasteiger charge is -2.21. The molecule has 0 aliphatic carbocycles. The second-order valence-corrected chi connectivity index (χ2v) is 9.21. The van der Waals surface area contributed by atoms with Crippen LogP contribution in [-0.4, -0.2) is 36.3 Å². The van der Waals surface area contributed by atoms with Crippen molar-refractivity contribution in [1.82, 2.24) is 15.0 Å². The normalized spacial score (nSPS) is 19.8. The van der Waals surface area contributed by atoms with Gasteiger partial charge >= 0.3 is 0 Å². The summed E-state index contributed by atoms with van der Waals surface area (Å²) in [6.45, 7) is 3.67. The summed E-state index contributed by atoms with van der Waals surface area (Å²) in [6.07, 6.45) is 3.44. The molecular formula is C14H19N3O3S2. The van der Waals surface area contributed by atoms with Crippen molar-refractivity contribution in [3.8, 4) is 0 Å². The first-order chi connectivity index (χ1) is 10.4. The average molecular weight is 341 g/mol. The molecule has 0 saturated carbocycles. The van der Waals surface area contributed by atoms with Crippen LogP contribution >= 0.6 is 11.3 Å². The number of sulfone groups is 1. The SMILES string of the molecule is Cc1ccc(C2CCCN2Cc2nc(CS(C)(=O)=O)no2)s1. The standard InChI is InChI=1S/C14H19N3O3S2/c1-10-5-6-12(21-10)11-4-3-7-17(11)8-14-15-13(16-20-14)9-22(2,18)19/h5-6,11H,3-4,7-9H2,1-2H3. The topological polar surface area (TPSA) is 76.3 Å². The molecule has 0 amide bonds. The summed E-state index contributed by atoms with van der Waals surface area (Å²) < 4.78 is 27.7. The van der Waals surface area contributed by atoms with Gasteiger partial charge in [-0.1, -0.05) is 5.16 Å². The predicted octanol–water partition coefficient (Wildman–Crippen LogP) is 2.32. The predicted molar refractivity (Wildman–Crippen MR) is 84.3 cm³/mol. The second-order valence-electron chi connectivity index (χ2n) is 5.75. The number of rotatable bonds is 5. The molecule has 0 aromatic carbocycles. The van der Waals surface area contributed by atoms with Gasteiger partial charge in [-0.3, -0.25) is 4.90 Å². The van der Waals surface area contributed by atoms with Crippen LogP contribution < -0.4 is 0 Å². The van der Waals surface area contributed by atoms with E-state index in [0.717, 1.165) is 19.4 Å². The monoisotopic (exact) mass is 341 g/mol. The Morgan fingerprint density at radius 3 is 2.95 bits per heavy atom. The van der Waals surface area contributed by atoms with Crippen LogP contribution in [0.25, 0.3) is 0 Å². The number of aromatic nitrogens is 2. The van der Waals surface area contributed by atoms with Crippen LogP contribution in [0.1, 0.15) is 40.4 Å². The van der Waals surface area contributed by atoms with E-state index >= 15 is 0 Å². The molecule has 0 bridgehead atoms. The molecule has 0 N–H and O–H groups in total. The quantitative estimate of drug-likeness (QED) is 0.831. The minimum absolute atomic E-state index is 0.177. The molecule has 0 spiro atoms. The van der Waals surface area contributed by atoms with Crippen LogP contribution in [0.2, 0.25) is 0 Å². The van der Waals surface area contributed by atoms with Gasteiger partial charge in [-0.15, -0.1) is 11.3 Å². The number of hydrogen-bond acceptors (Lipinski definition) is 7. The van der Waals surface area contributed by atoms with E-state index in [1.165, 1.54) is 16.0 Å². The van der Waals surface area contributed by atoms with E-state index in [9.17, 15) is 8.42 Å². The Balaban J connectivity index is 1.70. The van der Waals surface area contributed by atoms with Crippen LogP contribution in [0.3, 0.4) is 0 Å². The number of hydrogen-bond donors (Lipinski definition) is 0. The second kappa shape index (κ2) is 6.10. The van der Waals surface area contributed by atoms with E-state index in [1.807, 2.05) is 11.3 Å². The number of nitrogens with zero attached hydrogens (tertiary/aromatic N) is 3. The maximum Gasteiger partial charge on any atom is 0.240 e. The molecule has 1 aliphatic heterocycles. The third-order valence-electron chi connectivity index (χ3n) is 3.69. The van der Waals surface area contributed by atoms with Crippen molar-refractivity contribution in [2.24, 2.45) is 0 Å². The number of likely N-dealkylation sites (tertiary alicyclic amines) is 1. The van der Waals surface area contributed by atoms with Gasteiger partial charge in [0.05, 0.1) is 6.54 Å². The molecule has 3 rings (SSSR count). The molecule has 120 valence electrons. The Labute approximate surface area is 134 Å². The summed E-state index contributed by atoms with van der Waals surface area (Å²) in [5, 5.41) is 3.76. The third-order valence-corrected chi connectivity index (χ3v) is 5.58. The molecule has 0 radical (unpaired) electrons. The van der Waals surface area contributed by atoms with Crippen LogP contribution in [0.4, 0.5) is 0 Å². The van der Waals surface area contributed by atoms with Gasteiger partial charge in [-0.05, 0) is 38.4 Å². The Kier molecular flexibility index (Phi) is 4.33. The van der Waals surface area contributed by atoms with E-state index in [4.69, 9.17) is 4.52 Å². The van der Waals surface area contributed by atoms with Crippen LogP contribution in [0.15, 0.2) is 16.7 Å². The molecule has 22 heavy (non-hydrogen) atoms. The summed E-state index contributed by atoms with van der Waals surface area (Å²) in [7, 11) is -3.14. The van der Waals surface area contributed by atoms with Gasteiger partial charge < -0.3 is 4.52 Å². The summed E-state index contributed by atoms with van der Waals surface area (Å²) in [5.41, 5.74) is 0. The third kappa shape index (κ3) is 3.74. The van der Waals surface area contributed by atoms with Crippen molar-refractivity contribution in [3.63, 3.8) is 0 Å². The van der Waals surface area contributed by atoms with Gasteiger partial charge in [0.25, 0.3) is 0 Å². The molecule has 1 saturated heterocycles. The Hall–Kier alpha value is -1.25. The lowest BCUT2D eigenvalue weighted by Crippen LogP contribution is -2.22. The van der Waals surface area contributed by atoms with Gasteiger partial charge in [-0.2, -0.15) is 4.98 Å². The number of thiophene rings is 1. The van der Waals surface area contributed by atoms with E-state index in [2.05, 4.69) is 34.1 Å². The zero-order valence-corrected chi connectivity index (χ0v) is 14.3. The largest absolute Gasteiger partial charge is 0.338 e. The lowest BCUT2D eigenvalue weighted by molar-refractivity contribution is 0.214. The first-order valence-electron chi connectivity index (χ1n) is 7.20. The molecule has 6 nitrogen and oxygen atoms in total. The maximum absolute atomic E-state index is 11.3. The average Bonchev–Trinajstić information content (AvgIpc) is 3.10. The van der Waals surface area contributed by atoms with E-state index in [1.54, 1.807) is 0 Å². The Morgan fingerprint density at radius 1 is 1.45 bits per heavy atom. The molecule has 3 heterocycles. The Morgan fingerprint density at radius 2 is 2.27 bits per heavy atom. The van der Waals surface area contributed by atoms with Gasteiger partial charge in [0, 0.05) is 22.1 Å². The zero-order chi connectivity index (χ0) is 15.7. The number of aryl methyl sites for hydroxylation is 1. The highest BCUT2D eigenvalue weighted by Gasteiger charge is 2.28. The molecule has 1 fully saturated rings. The van der Waals surface area contributed by atoms with Crippen molar-refractivity contribution in [1.29, 1.82) is 0 Å². The molecule has 2 aromatic heterocycles. The van der Waals surface area contributed by atoms with Crippen molar-refractivity contribution in [2.75, 3.05) is 12.8 Å². The molecular weight excluding hydrogens is 322 g/mol. The van der Waals surface area contributed by atoms with Crippen molar-refractivity contribution < 1.29 is 12.9 Å². The fourth-order valence-corrected chi connectivity index (χ4v) is 4.42. The zero-order valence-electron chi connectivity index (χ0n) is 12.7. The van der Waals surface area contributed by atoms with E-state index in [0.29, 0.717) is 18.5 Å². The Bertz CT molecular complexity index is 751. The van der Waals surface area contributed by atoms with Gasteiger partial charge in [0.1, 0.15) is 5.75 Å². The summed E-state index contributed by atoms with van der Waals surface area (Å²) >= 11 is 1.82. The smallest absolute Gasteiger partial charge is 0.240 e. The first-order valence-corrected chi connectivity index (χ1v) is 10.1. The van der Waals surface area contributed by atoms with Gasteiger partial charge in [0.15, 0.2) is 15.7 Å². The highest BCUT2D eigenvalue weighted by Crippen LogP contribution is 2.36.